The van der Waals surface area contributed by atoms with Gasteiger partial charge < -0.3 is 9.84 Å². The first-order chi connectivity index (χ1) is 7.72. The highest BCUT2D eigenvalue weighted by molar-refractivity contribution is 5.75. The summed E-state index contributed by atoms with van der Waals surface area (Å²) >= 11 is 0. The summed E-state index contributed by atoms with van der Waals surface area (Å²) in [5.41, 5.74) is -0.498. The summed E-state index contributed by atoms with van der Waals surface area (Å²) in [7, 11) is 0. The van der Waals surface area contributed by atoms with Crippen molar-refractivity contribution in [3.63, 3.8) is 0 Å². The monoisotopic (exact) mass is 222 g/mol. The fourth-order valence-electron chi connectivity index (χ4n) is 3.89. The van der Waals surface area contributed by atoms with Crippen LogP contribution in [0.1, 0.15) is 25.7 Å². The van der Waals surface area contributed by atoms with Crippen LogP contribution in [0.15, 0.2) is 12.2 Å². The molecule has 1 saturated heterocycles. The van der Waals surface area contributed by atoms with Gasteiger partial charge in [-0.05, 0) is 43.4 Å². The van der Waals surface area contributed by atoms with Crippen molar-refractivity contribution in [2.45, 2.75) is 25.7 Å². The SMILES string of the molecule is O=C(O)C1(C2CC3C=CC2C3)CCOCC1. The second-order valence-corrected chi connectivity index (χ2v) is 5.46. The van der Waals surface area contributed by atoms with Gasteiger partial charge in [-0.25, -0.2) is 0 Å². The van der Waals surface area contributed by atoms with Crippen molar-refractivity contribution in [1.29, 1.82) is 0 Å². The molecule has 88 valence electrons. The predicted molar refractivity (Wildman–Crippen MR) is 59.0 cm³/mol. The molecule has 1 heterocycles. The van der Waals surface area contributed by atoms with Gasteiger partial charge in [-0.3, -0.25) is 4.79 Å². The van der Waals surface area contributed by atoms with Gasteiger partial charge in [-0.1, -0.05) is 12.2 Å². The van der Waals surface area contributed by atoms with Gasteiger partial charge in [0.2, 0.25) is 0 Å². The van der Waals surface area contributed by atoms with E-state index in [1.54, 1.807) is 0 Å². The molecule has 1 N–H and O–H groups in total. The average molecular weight is 222 g/mol. The number of hydrogen-bond acceptors (Lipinski definition) is 2. The highest BCUT2D eigenvalue weighted by atomic mass is 16.5. The summed E-state index contributed by atoms with van der Waals surface area (Å²) < 4.78 is 5.33. The van der Waals surface area contributed by atoms with Gasteiger partial charge in [0.05, 0.1) is 5.41 Å². The second-order valence-electron chi connectivity index (χ2n) is 5.46. The Morgan fingerprint density at radius 1 is 1.25 bits per heavy atom. The Balaban J connectivity index is 1.88. The first-order valence-corrected chi connectivity index (χ1v) is 6.22. The van der Waals surface area contributed by atoms with Gasteiger partial charge in [0.15, 0.2) is 0 Å². The minimum Gasteiger partial charge on any atom is -0.481 e. The van der Waals surface area contributed by atoms with Crippen LogP contribution in [-0.2, 0) is 9.53 Å². The smallest absolute Gasteiger partial charge is 0.310 e. The molecule has 3 atom stereocenters. The minimum atomic E-state index is -0.596. The van der Waals surface area contributed by atoms with Crippen molar-refractivity contribution in [2.24, 2.45) is 23.2 Å². The number of allylic oxidation sites excluding steroid dienone is 2. The number of rotatable bonds is 2. The fraction of sp³-hybridized carbons (Fsp3) is 0.769. The third-order valence-electron chi connectivity index (χ3n) is 4.80. The Hall–Kier alpha value is -0.830. The Kier molecular flexibility index (Phi) is 2.32. The number of carboxylic acids is 1. The molecule has 3 rings (SSSR count). The van der Waals surface area contributed by atoms with Crippen LogP contribution in [0.25, 0.3) is 0 Å². The van der Waals surface area contributed by atoms with Crippen LogP contribution >= 0.6 is 0 Å². The molecule has 0 aromatic rings. The zero-order valence-corrected chi connectivity index (χ0v) is 9.39. The molecule has 0 amide bonds. The highest BCUT2D eigenvalue weighted by Crippen LogP contribution is 2.54. The van der Waals surface area contributed by atoms with Crippen LogP contribution in [0.3, 0.4) is 0 Å². The van der Waals surface area contributed by atoms with E-state index in [-0.39, 0.29) is 0 Å². The normalized spacial score (nSPS) is 40.1. The summed E-state index contributed by atoms with van der Waals surface area (Å²) in [6.07, 6.45) is 8.18. The van der Waals surface area contributed by atoms with Gasteiger partial charge >= 0.3 is 5.97 Å². The van der Waals surface area contributed by atoms with Gasteiger partial charge in [-0.2, -0.15) is 0 Å². The molecule has 2 bridgehead atoms. The minimum absolute atomic E-state index is 0.351. The van der Waals surface area contributed by atoms with E-state index in [2.05, 4.69) is 12.2 Å². The van der Waals surface area contributed by atoms with Gasteiger partial charge in [-0.15, -0.1) is 0 Å². The number of ether oxygens (including phenoxy) is 1. The molecule has 3 heteroatoms. The van der Waals surface area contributed by atoms with Crippen molar-refractivity contribution in [2.75, 3.05) is 13.2 Å². The van der Waals surface area contributed by atoms with E-state index in [9.17, 15) is 9.90 Å². The van der Waals surface area contributed by atoms with Crippen molar-refractivity contribution in [1.82, 2.24) is 0 Å². The van der Waals surface area contributed by atoms with E-state index in [1.807, 2.05) is 0 Å². The van der Waals surface area contributed by atoms with E-state index < -0.39 is 11.4 Å². The molecule has 1 aliphatic heterocycles. The molecule has 0 aromatic carbocycles. The Bertz CT molecular complexity index is 328. The van der Waals surface area contributed by atoms with Crippen molar-refractivity contribution < 1.29 is 14.6 Å². The third kappa shape index (κ3) is 1.34. The zero-order chi connectivity index (χ0) is 11.2. The maximum Gasteiger partial charge on any atom is 0.310 e. The van der Waals surface area contributed by atoms with Crippen LogP contribution in [0.5, 0.6) is 0 Å². The molecule has 0 radical (unpaired) electrons. The lowest BCUT2D eigenvalue weighted by Gasteiger charge is -2.41. The quantitative estimate of drug-likeness (QED) is 0.728. The summed E-state index contributed by atoms with van der Waals surface area (Å²) in [5, 5.41) is 9.60. The summed E-state index contributed by atoms with van der Waals surface area (Å²) in [4.78, 5) is 11.7. The van der Waals surface area contributed by atoms with E-state index in [0.717, 1.165) is 6.42 Å². The Labute approximate surface area is 95.5 Å². The molecule has 0 spiro atoms. The van der Waals surface area contributed by atoms with E-state index in [0.29, 0.717) is 43.8 Å². The van der Waals surface area contributed by atoms with Crippen molar-refractivity contribution in [3.05, 3.63) is 12.2 Å². The first-order valence-electron chi connectivity index (χ1n) is 6.22. The van der Waals surface area contributed by atoms with Crippen molar-refractivity contribution in [3.8, 4) is 0 Å². The molecular formula is C13H18O3. The molecule has 2 fully saturated rings. The third-order valence-corrected chi connectivity index (χ3v) is 4.80. The van der Waals surface area contributed by atoms with Crippen LogP contribution in [0.2, 0.25) is 0 Å². The van der Waals surface area contributed by atoms with E-state index in [1.165, 1.54) is 6.42 Å². The van der Waals surface area contributed by atoms with E-state index >= 15 is 0 Å². The average Bonchev–Trinajstić information content (AvgIpc) is 2.91. The lowest BCUT2D eigenvalue weighted by Crippen LogP contribution is -2.44. The molecular weight excluding hydrogens is 204 g/mol. The van der Waals surface area contributed by atoms with Crippen LogP contribution in [-0.4, -0.2) is 24.3 Å². The van der Waals surface area contributed by atoms with Crippen LogP contribution in [0.4, 0.5) is 0 Å². The molecule has 3 aliphatic rings. The highest BCUT2D eigenvalue weighted by Gasteiger charge is 2.53. The molecule has 1 saturated carbocycles. The molecule has 2 aliphatic carbocycles. The Morgan fingerprint density at radius 3 is 2.50 bits per heavy atom. The second kappa shape index (κ2) is 3.59. The fourth-order valence-corrected chi connectivity index (χ4v) is 3.89. The molecule has 3 unspecified atom stereocenters. The maximum atomic E-state index is 11.7. The largest absolute Gasteiger partial charge is 0.481 e. The number of fused-ring (bicyclic) bond motifs is 2. The van der Waals surface area contributed by atoms with Crippen molar-refractivity contribution >= 4 is 5.97 Å². The van der Waals surface area contributed by atoms with Crippen LogP contribution in [0, 0.1) is 23.2 Å². The lowest BCUT2D eigenvalue weighted by molar-refractivity contribution is -0.161. The number of hydrogen-bond donors (Lipinski definition) is 1. The number of carboxylic acid groups (broad SMARTS) is 1. The van der Waals surface area contributed by atoms with Crippen LogP contribution < -0.4 is 0 Å². The van der Waals surface area contributed by atoms with Gasteiger partial charge in [0.1, 0.15) is 0 Å². The molecule has 16 heavy (non-hydrogen) atoms. The molecule has 0 aromatic heterocycles. The molecule has 3 nitrogen and oxygen atoms in total. The Morgan fingerprint density at radius 2 is 2.00 bits per heavy atom. The summed E-state index contributed by atoms with van der Waals surface area (Å²) in [6.45, 7) is 1.23. The number of carbonyl (C=O) groups is 1. The summed E-state index contributed by atoms with van der Waals surface area (Å²) in [6, 6.07) is 0. The topological polar surface area (TPSA) is 46.5 Å². The van der Waals surface area contributed by atoms with Gasteiger partial charge in [0.25, 0.3) is 0 Å². The van der Waals surface area contributed by atoms with Gasteiger partial charge in [0, 0.05) is 13.2 Å². The number of aliphatic carboxylic acids is 1. The lowest BCUT2D eigenvalue weighted by atomic mass is 9.65. The van der Waals surface area contributed by atoms with E-state index in [4.69, 9.17) is 4.74 Å². The summed E-state index contributed by atoms with van der Waals surface area (Å²) in [5.74, 6) is 0.916. The predicted octanol–water partition coefficient (Wildman–Crippen LogP) is 2.08. The standard InChI is InChI=1S/C13H18O3/c14-12(15)13(3-5-16-6-4-13)11-8-9-1-2-10(11)7-9/h1-2,9-11H,3-8H2,(H,14,15). The maximum absolute atomic E-state index is 11.7. The zero-order valence-electron chi connectivity index (χ0n) is 9.39. The first kappa shape index (κ1) is 10.3.